The van der Waals surface area contributed by atoms with E-state index in [9.17, 15) is 14.3 Å². The van der Waals surface area contributed by atoms with Gasteiger partial charge in [-0.3, -0.25) is 15.2 Å². The monoisotopic (exact) mass is 375 g/mol. The van der Waals surface area contributed by atoms with E-state index in [1.165, 1.54) is 18.5 Å². The van der Waals surface area contributed by atoms with E-state index in [1.807, 2.05) is 11.1 Å². The molecule has 0 aromatic carbocycles. The molecule has 0 saturated heterocycles. The number of hydrazine groups is 1. The van der Waals surface area contributed by atoms with Crippen LogP contribution in [0.2, 0.25) is 5.02 Å². The van der Waals surface area contributed by atoms with Crippen LogP contribution in [0, 0.1) is 5.92 Å². The van der Waals surface area contributed by atoms with Gasteiger partial charge in [0, 0.05) is 30.3 Å². The number of aliphatic carboxylic acids is 1. The highest BCUT2D eigenvalue weighted by atomic mass is 35.5. The van der Waals surface area contributed by atoms with E-state index < -0.39 is 11.9 Å². The summed E-state index contributed by atoms with van der Waals surface area (Å²) in [7, 11) is 0. The number of anilines is 1. The van der Waals surface area contributed by atoms with Gasteiger partial charge in [-0.2, -0.15) is 4.39 Å². The van der Waals surface area contributed by atoms with Crippen LogP contribution < -0.4 is 5.43 Å². The van der Waals surface area contributed by atoms with Crippen molar-refractivity contribution in [3.05, 3.63) is 52.4 Å². The predicted octanol–water partition coefficient (Wildman–Crippen LogP) is 3.10. The first-order chi connectivity index (χ1) is 12.5. The number of carbonyl (C=O) groups is 1. The lowest BCUT2D eigenvalue weighted by atomic mass is 9.81. The van der Waals surface area contributed by atoms with Gasteiger partial charge >= 0.3 is 5.97 Å². The summed E-state index contributed by atoms with van der Waals surface area (Å²) in [6.45, 7) is 0.579. The van der Waals surface area contributed by atoms with Gasteiger partial charge in [0.1, 0.15) is 0 Å². The summed E-state index contributed by atoms with van der Waals surface area (Å²) in [5.41, 5.74) is 6.23. The normalized spacial score (nSPS) is 21.5. The summed E-state index contributed by atoms with van der Waals surface area (Å²) in [6, 6.07) is 0. The van der Waals surface area contributed by atoms with Crippen molar-refractivity contribution in [2.75, 3.05) is 12.0 Å². The van der Waals surface area contributed by atoms with Crippen molar-refractivity contribution in [1.29, 1.82) is 0 Å². The lowest BCUT2D eigenvalue weighted by Gasteiger charge is -2.38. The van der Waals surface area contributed by atoms with E-state index in [0.29, 0.717) is 41.6 Å². The van der Waals surface area contributed by atoms with Gasteiger partial charge in [0.2, 0.25) is 11.9 Å². The second-order valence-electron chi connectivity index (χ2n) is 6.28. The zero-order valence-corrected chi connectivity index (χ0v) is 14.4. The van der Waals surface area contributed by atoms with Gasteiger partial charge in [-0.25, -0.2) is 15.0 Å². The third kappa shape index (κ3) is 3.20. The second-order valence-corrected chi connectivity index (χ2v) is 6.71. The maximum absolute atomic E-state index is 13.6. The Morgan fingerprint density at radius 1 is 1.38 bits per heavy atom. The van der Waals surface area contributed by atoms with Gasteiger partial charge in [0.05, 0.1) is 29.5 Å². The molecule has 1 unspecified atom stereocenters. The third-order valence-electron chi connectivity index (χ3n) is 4.57. The molecule has 0 radical (unpaired) electrons. The summed E-state index contributed by atoms with van der Waals surface area (Å²) < 4.78 is 13.6. The molecular formula is C17H15ClFN5O2. The van der Waals surface area contributed by atoms with Crippen molar-refractivity contribution in [3.63, 3.8) is 0 Å². The molecule has 134 valence electrons. The Hall–Kier alpha value is -2.74. The number of carboxylic acids is 1. The van der Waals surface area contributed by atoms with Crippen LogP contribution in [0.15, 0.2) is 52.3 Å². The van der Waals surface area contributed by atoms with E-state index in [-0.39, 0.29) is 12.3 Å². The standard InChI is InChI=1S/C17H15ClFN5O2/c18-11-7-20-17(21-8-11)23-24-2-1-9(5-16(25)26)12-3-10-4-15(19)22-13(10)6-14(12)24/h3-4,7-9H,1-2,5-6H2,(H,25,26)(H,20,21,23). The lowest BCUT2D eigenvalue weighted by Crippen LogP contribution is -2.39. The zero-order valence-electron chi connectivity index (χ0n) is 13.6. The average Bonchev–Trinajstić information content (AvgIpc) is 2.96. The van der Waals surface area contributed by atoms with Crippen molar-refractivity contribution >= 4 is 29.2 Å². The number of aromatic nitrogens is 2. The SMILES string of the molecule is O=C(O)CC1CCN(Nc2ncc(Cl)cn2)C2=C1C=C1C=C(F)N=C1C2. The summed E-state index contributed by atoms with van der Waals surface area (Å²) in [5, 5.41) is 11.5. The molecule has 0 bridgehead atoms. The topological polar surface area (TPSA) is 90.7 Å². The molecule has 1 aliphatic carbocycles. The highest BCUT2D eigenvalue weighted by Gasteiger charge is 2.34. The fourth-order valence-corrected chi connectivity index (χ4v) is 3.53. The number of aliphatic imine (C=N–C) groups is 1. The van der Waals surface area contributed by atoms with Crippen molar-refractivity contribution in [2.45, 2.75) is 19.3 Å². The number of nitrogens with one attached hydrogen (secondary N) is 1. The summed E-state index contributed by atoms with van der Waals surface area (Å²) >= 11 is 5.81. The largest absolute Gasteiger partial charge is 0.481 e. The molecule has 1 aromatic rings. The van der Waals surface area contributed by atoms with E-state index in [0.717, 1.165) is 11.3 Å². The van der Waals surface area contributed by atoms with Crippen LogP contribution in [0.3, 0.4) is 0 Å². The Morgan fingerprint density at radius 2 is 2.15 bits per heavy atom. The number of rotatable bonds is 4. The second kappa shape index (κ2) is 6.53. The van der Waals surface area contributed by atoms with Gasteiger partial charge in [-0.1, -0.05) is 11.6 Å². The number of fused-ring (bicyclic) bond motifs is 1. The fraction of sp³-hybridized carbons (Fsp3) is 0.294. The van der Waals surface area contributed by atoms with E-state index in [1.54, 1.807) is 0 Å². The highest BCUT2D eigenvalue weighted by molar-refractivity contribution is 6.30. The molecule has 4 rings (SSSR count). The molecule has 2 aliphatic heterocycles. The fourth-order valence-electron chi connectivity index (χ4n) is 3.43. The van der Waals surface area contributed by atoms with Crippen LogP contribution in [0.1, 0.15) is 19.3 Å². The number of carboxylic acid groups (broad SMARTS) is 1. The van der Waals surface area contributed by atoms with E-state index in [4.69, 9.17) is 11.6 Å². The Labute approximate surface area is 153 Å². The van der Waals surface area contributed by atoms with Crippen LogP contribution in [0.4, 0.5) is 10.3 Å². The van der Waals surface area contributed by atoms with Gasteiger partial charge in [-0.15, -0.1) is 0 Å². The van der Waals surface area contributed by atoms with Crippen LogP contribution in [0.5, 0.6) is 0 Å². The predicted molar refractivity (Wildman–Crippen MR) is 94.1 cm³/mol. The lowest BCUT2D eigenvalue weighted by molar-refractivity contribution is -0.137. The van der Waals surface area contributed by atoms with Crippen LogP contribution in [-0.2, 0) is 4.79 Å². The van der Waals surface area contributed by atoms with Crippen molar-refractivity contribution in [2.24, 2.45) is 10.9 Å². The Kier molecular flexibility index (Phi) is 4.20. The smallest absolute Gasteiger partial charge is 0.303 e. The molecule has 3 aliphatic rings. The summed E-state index contributed by atoms with van der Waals surface area (Å²) in [6.07, 6.45) is 7.30. The molecular weight excluding hydrogens is 361 g/mol. The zero-order chi connectivity index (χ0) is 18.3. The van der Waals surface area contributed by atoms with Crippen LogP contribution in [-0.4, -0.2) is 38.3 Å². The minimum Gasteiger partial charge on any atom is -0.481 e. The minimum absolute atomic E-state index is 0.0343. The number of nitrogens with zero attached hydrogens (tertiary/aromatic N) is 4. The number of hydrogen-bond acceptors (Lipinski definition) is 6. The summed E-state index contributed by atoms with van der Waals surface area (Å²) in [4.78, 5) is 23.4. The Balaban J connectivity index is 1.67. The first kappa shape index (κ1) is 16.7. The Bertz CT molecular complexity index is 891. The molecule has 3 heterocycles. The molecule has 0 fully saturated rings. The quantitative estimate of drug-likeness (QED) is 0.786. The third-order valence-corrected chi connectivity index (χ3v) is 4.77. The molecule has 9 heteroatoms. The number of allylic oxidation sites excluding steroid dienone is 5. The first-order valence-electron chi connectivity index (χ1n) is 8.13. The molecule has 7 nitrogen and oxygen atoms in total. The van der Waals surface area contributed by atoms with E-state index in [2.05, 4.69) is 20.4 Å². The van der Waals surface area contributed by atoms with Gasteiger partial charge in [0.25, 0.3) is 0 Å². The molecule has 0 spiro atoms. The van der Waals surface area contributed by atoms with E-state index >= 15 is 0 Å². The molecule has 0 saturated carbocycles. The van der Waals surface area contributed by atoms with Crippen LogP contribution >= 0.6 is 11.6 Å². The summed E-state index contributed by atoms with van der Waals surface area (Å²) in [5.74, 6) is -1.13. The maximum Gasteiger partial charge on any atom is 0.303 e. The molecule has 0 amide bonds. The number of halogens is 2. The minimum atomic E-state index is -0.852. The van der Waals surface area contributed by atoms with Gasteiger partial charge in [-0.05, 0) is 24.0 Å². The highest BCUT2D eigenvalue weighted by Crippen LogP contribution is 2.39. The van der Waals surface area contributed by atoms with Crippen LogP contribution in [0.25, 0.3) is 0 Å². The van der Waals surface area contributed by atoms with Crippen molar-refractivity contribution in [3.8, 4) is 0 Å². The molecule has 26 heavy (non-hydrogen) atoms. The van der Waals surface area contributed by atoms with Crippen molar-refractivity contribution < 1.29 is 14.3 Å². The average molecular weight is 376 g/mol. The maximum atomic E-state index is 13.6. The van der Waals surface area contributed by atoms with Crippen molar-refractivity contribution in [1.82, 2.24) is 15.0 Å². The first-order valence-corrected chi connectivity index (χ1v) is 8.51. The molecule has 1 aromatic heterocycles. The molecule has 1 atom stereocenters. The van der Waals surface area contributed by atoms with Gasteiger partial charge in [0.15, 0.2) is 0 Å². The van der Waals surface area contributed by atoms with Gasteiger partial charge < -0.3 is 5.11 Å². The molecule has 2 N–H and O–H groups in total. The Morgan fingerprint density at radius 3 is 2.88 bits per heavy atom. The number of hydrogen-bond donors (Lipinski definition) is 2.